The van der Waals surface area contributed by atoms with Gasteiger partial charge in [-0.2, -0.15) is 5.10 Å². The van der Waals surface area contributed by atoms with E-state index in [0.29, 0.717) is 19.0 Å². The van der Waals surface area contributed by atoms with Crippen LogP contribution < -0.4 is 5.69 Å². The zero-order valence-corrected chi connectivity index (χ0v) is 14.0. The van der Waals surface area contributed by atoms with Gasteiger partial charge in [0.25, 0.3) is 0 Å². The molecule has 0 radical (unpaired) electrons. The van der Waals surface area contributed by atoms with Gasteiger partial charge in [0.05, 0.1) is 18.3 Å². The quantitative estimate of drug-likeness (QED) is 0.822. The molecule has 0 aliphatic rings. The topological polar surface area (TPSA) is 61.9 Å². The molecule has 0 spiro atoms. The largest absolute Gasteiger partial charge is 0.372 e. The predicted octanol–water partition coefficient (Wildman–Crippen LogP) is 2.54. The molecule has 0 unspecified atom stereocenters. The van der Waals surface area contributed by atoms with Crippen LogP contribution in [0.25, 0.3) is 0 Å². The molecule has 6 nitrogen and oxygen atoms in total. The molecular weight excluding hydrogens is 288 g/mol. The molecule has 0 amide bonds. The molecule has 0 aliphatic carbocycles. The second-order valence-electron chi connectivity index (χ2n) is 5.23. The van der Waals surface area contributed by atoms with Gasteiger partial charge in [-0.3, -0.25) is 4.57 Å². The second-order valence-corrected chi connectivity index (χ2v) is 6.12. The van der Waals surface area contributed by atoms with Crippen LogP contribution in [0.3, 0.4) is 0 Å². The Morgan fingerprint density at radius 2 is 2.10 bits per heavy atom. The van der Waals surface area contributed by atoms with E-state index in [4.69, 9.17) is 4.74 Å². The lowest BCUT2D eigenvalue weighted by Gasteiger charge is -2.07. The van der Waals surface area contributed by atoms with Crippen molar-refractivity contribution in [3.05, 3.63) is 32.4 Å². The van der Waals surface area contributed by atoms with Crippen LogP contribution in [0.15, 0.2) is 10.2 Å². The molecule has 0 bridgehead atoms. The van der Waals surface area contributed by atoms with Crippen LogP contribution in [0.1, 0.15) is 56.4 Å². The number of hydrogen-bond acceptors (Lipinski definition) is 5. The summed E-state index contributed by atoms with van der Waals surface area (Å²) in [6.45, 7) is 10.8. The normalized spacial score (nSPS) is 13.0. The van der Waals surface area contributed by atoms with Crippen molar-refractivity contribution in [2.24, 2.45) is 0 Å². The molecule has 0 saturated carbocycles. The summed E-state index contributed by atoms with van der Waals surface area (Å²) in [4.78, 5) is 16.9. The highest BCUT2D eigenvalue weighted by Crippen LogP contribution is 2.21. The molecule has 2 aromatic heterocycles. The highest BCUT2D eigenvalue weighted by Gasteiger charge is 2.15. The van der Waals surface area contributed by atoms with Gasteiger partial charge in [-0.15, -0.1) is 11.3 Å². The van der Waals surface area contributed by atoms with E-state index in [2.05, 4.69) is 10.1 Å². The maximum absolute atomic E-state index is 12.3. The number of rotatable bonds is 6. The van der Waals surface area contributed by atoms with E-state index in [1.54, 1.807) is 15.9 Å². The highest BCUT2D eigenvalue weighted by atomic mass is 32.1. The Morgan fingerprint density at radius 1 is 1.38 bits per heavy atom. The zero-order chi connectivity index (χ0) is 15.6. The van der Waals surface area contributed by atoms with Crippen LogP contribution in [-0.4, -0.2) is 25.9 Å². The SMILES string of the molecule is CCO[C@@H](C)c1nc(Cn2c(C)nn(C(C)C)c2=O)cs1. The zero-order valence-electron chi connectivity index (χ0n) is 13.2. The minimum absolute atomic E-state index is 0.00930. The fourth-order valence-electron chi connectivity index (χ4n) is 2.10. The maximum atomic E-state index is 12.3. The van der Waals surface area contributed by atoms with Gasteiger partial charge < -0.3 is 4.74 Å². The first-order valence-corrected chi connectivity index (χ1v) is 8.03. The third-order valence-corrected chi connectivity index (χ3v) is 4.27. The summed E-state index contributed by atoms with van der Waals surface area (Å²) in [6, 6.07) is 0.0569. The number of nitrogens with zero attached hydrogens (tertiary/aromatic N) is 4. The molecule has 2 aromatic rings. The van der Waals surface area contributed by atoms with Crippen LogP contribution in [0.5, 0.6) is 0 Å². The summed E-state index contributed by atoms with van der Waals surface area (Å²) in [5.74, 6) is 0.709. The standard InChI is InChI=1S/C14H22N4O2S/c1-6-20-10(4)13-15-12(8-21-13)7-17-11(5)16-18(9(2)3)14(17)19/h8-10H,6-7H2,1-5H3/t10-/m0/s1. The lowest BCUT2D eigenvalue weighted by Crippen LogP contribution is -2.27. The average Bonchev–Trinajstić information content (AvgIpc) is 2.99. The Hall–Kier alpha value is -1.47. The van der Waals surface area contributed by atoms with Gasteiger partial charge in [-0.1, -0.05) is 0 Å². The molecule has 21 heavy (non-hydrogen) atoms. The first-order valence-electron chi connectivity index (χ1n) is 7.15. The molecule has 0 saturated heterocycles. The Bertz CT molecular complexity index is 656. The fourth-order valence-corrected chi connectivity index (χ4v) is 2.91. The predicted molar refractivity (Wildman–Crippen MR) is 82.9 cm³/mol. The summed E-state index contributed by atoms with van der Waals surface area (Å²) in [5, 5.41) is 7.21. The third-order valence-electron chi connectivity index (χ3n) is 3.21. The molecule has 0 aromatic carbocycles. The van der Waals surface area contributed by atoms with Gasteiger partial charge in [0.2, 0.25) is 0 Å². The Morgan fingerprint density at radius 3 is 2.67 bits per heavy atom. The van der Waals surface area contributed by atoms with Crippen molar-refractivity contribution in [1.82, 2.24) is 19.3 Å². The van der Waals surface area contributed by atoms with E-state index in [1.807, 2.05) is 40.0 Å². The summed E-state index contributed by atoms with van der Waals surface area (Å²) in [5.41, 5.74) is 0.782. The fraction of sp³-hybridized carbons (Fsp3) is 0.643. The molecule has 0 fully saturated rings. The second kappa shape index (κ2) is 6.53. The van der Waals surface area contributed by atoms with Gasteiger partial charge in [0.1, 0.15) is 16.9 Å². The summed E-state index contributed by atoms with van der Waals surface area (Å²) in [6.07, 6.45) is -0.00930. The van der Waals surface area contributed by atoms with E-state index < -0.39 is 0 Å². The monoisotopic (exact) mass is 310 g/mol. The molecule has 7 heteroatoms. The van der Waals surface area contributed by atoms with E-state index in [9.17, 15) is 4.79 Å². The van der Waals surface area contributed by atoms with Gasteiger partial charge >= 0.3 is 5.69 Å². The highest BCUT2D eigenvalue weighted by molar-refractivity contribution is 7.09. The van der Waals surface area contributed by atoms with Gasteiger partial charge in [-0.25, -0.2) is 14.5 Å². The van der Waals surface area contributed by atoms with Crippen LogP contribution in [0.2, 0.25) is 0 Å². The number of thiazole rings is 1. The third kappa shape index (κ3) is 3.41. The smallest absolute Gasteiger partial charge is 0.346 e. The van der Waals surface area contributed by atoms with Crippen molar-refractivity contribution >= 4 is 11.3 Å². The van der Waals surface area contributed by atoms with E-state index in [0.717, 1.165) is 10.7 Å². The van der Waals surface area contributed by atoms with Crippen molar-refractivity contribution in [3.8, 4) is 0 Å². The molecule has 0 aliphatic heterocycles. The van der Waals surface area contributed by atoms with Crippen LogP contribution >= 0.6 is 11.3 Å². The number of hydrogen-bond donors (Lipinski definition) is 0. The Kier molecular flexibility index (Phi) is 4.95. The molecule has 1 atom stereocenters. The first kappa shape index (κ1) is 15.9. The van der Waals surface area contributed by atoms with E-state index in [1.165, 1.54) is 4.68 Å². The molecule has 2 rings (SSSR count). The van der Waals surface area contributed by atoms with Gasteiger partial charge in [-0.05, 0) is 34.6 Å². The summed E-state index contributed by atoms with van der Waals surface area (Å²) in [7, 11) is 0. The minimum Gasteiger partial charge on any atom is -0.372 e. The van der Waals surface area contributed by atoms with E-state index >= 15 is 0 Å². The Balaban J connectivity index is 2.21. The maximum Gasteiger partial charge on any atom is 0.346 e. The van der Waals surface area contributed by atoms with Crippen LogP contribution in [0.4, 0.5) is 0 Å². The Labute approximate surface area is 128 Å². The van der Waals surface area contributed by atoms with Crippen LogP contribution in [-0.2, 0) is 11.3 Å². The number of ether oxygens (including phenoxy) is 1. The van der Waals surface area contributed by atoms with Crippen molar-refractivity contribution in [3.63, 3.8) is 0 Å². The first-order chi connectivity index (χ1) is 9.93. The number of aromatic nitrogens is 4. The molecule has 2 heterocycles. The summed E-state index contributed by atoms with van der Waals surface area (Å²) < 4.78 is 8.70. The van der Waals surface area contributed by atoms with Crippen molar-refractivity contribution < 1.29 is 4.74 Å². The summed E-state index contributed by atoms with van der Waals surface area (Å²) >= 11 is 1.56. The van der Waals surface area contributed by atoms with Crippen molar-refractivity contribution in [2.75, 3.05) is 6.61 Å². The van der Waals surface area contributed by atoms with Crippen molar-refractivity contribution in [2.45, 2.75) is 53.3 Å². The molecule has 116 valence electrons. The van der Waals surface area contributed by atoms with E-state index in [-0.39, 0.29) is 17.8 Å². The lowest BCUT2D eigenvalue weighted by molar-refractivity contribution is 0.0761. The van der Waals surface area contributed by atoms with Crippen LogP contribution in [0, 0.1) is 6.92 Å². The molecular formula is C14H22N4O2S. The van der Waals surface area contributed by atoms with Crippen molar-refractivity contribution in [1.29, 1.82) is 0 Å². The average molecular weight is 310 g/mol. The number of aryl methyl sites for hydroxylation is 1. The van der Waals surface area contributed by atoms with Gasteiger partial charge in [0.15, 0.2) is 0 Å². The van der Waals surface area contributed by atoms with Gasteiger partial charge in [0, 0.05) is 12.0 Å². The molecule has 0 N–H and O–H groups in total. The minimum atomic E-state index is -0.0880. The lowest BCUT2D eigenvalue weighted by atomic mass is 10.4.